The van der Waals surface area contributed by atoms with E-state index >= 15 is 0 Å². The first-order valence-corrected chi connectivity index (χ1v) is 15.6. The van der Waals surface area contributed by atoms with Gasteiger partial charge in [0.2, 0.25) is 0 Å². The van der Waals surface area contributed by atoms with Crippen LogP contribution in [0, 0.1) is 27.6 Å². The summed E-state index contributed by atoms with van der Waals surface area (Å²) in [5.74, 6) is -1.94. The van der Waals surface area contributed by atoms with E-state index in [0.29, 0.717) is 12.5 Å². The van der Waals surface area contributed by atoms with Gasteiger partial charge in [0.05, 0.1) is 28.3 Å². The topological polar surface area (TPSA) is 124 Å². The minimum absolute atomic E-state index is 0.292. The third-order valence-electron chi connectivity index (χ3n) is 7.37. The standard InChI is InChI=1S/C33H56O10/c1-30(2,3)26(34)39-19-21-22(41-27(35)31(4,5)6)23(42-28(36)32(7,8)9)24(43-29(37)33(10,11)12)25(40-21)38-18-20-16-14-13-15-17-20/h20-25H,13-19H2,1-12H3/t21-,22-,23+,24-,25-/m1/s1. The molecule has 1 aliphatic carbocycles. The van der Waals surface area contributed by atoms with Crippen LogP contribution in [-0.4, -0.2) is 67.8 Å². The monoisotopic (exact) mass is 612 g/mol. The fourth-order valence-corrected chi connectivity index (χ4v) is 4.41. The molecule has 1 aliphatic heterocycles. The molecule has 10 heteroatoms. The highest BCUT2D eigenvalue weighted by molar-refractivity contribution is 5.78. The molecule has 0 bridgehead atoms. The molecular formula is C33H56O10. The van der Waals surface area contributed by atoms with E-state index in [1.807, 2.05) is 0 Å². The molecule has 1 saturated carbocycles. The summed E-state index contributed by atoms with van der Waals surface area (Å²) in [6.45, 7) is 20.5. The molecule has 0 aromatic heterocycles. The van der Waals surface area contributed by atoms with Crippen molar-refractivity contribution in [3.8, 4) is 0 Å². The minimum atomic E-state index is -1.30. The number of carbonyl (C=O) groups excluding carboxylic acids is 4. The maximum absolute atomic E-state index is 13.3. The van der Waals surface area contributed by atoms with Crippen LogP contribution >= 0.6 is 0 Å². The van der Waals surface area contributed by atoms with Gasteiger partial charge in [-0.05, 0) is 102 Å². The summed E-state index contributed by atoms with van der Waals surface area (Å²) in [4.78, 5) is 52.6. The van der Waals surface area contributed by atoms with Crippen LogP contribution in [0.4, 0.5) is 0 Å². The van der Waals surface area contributed by atoms with Crippen molar-refractivity contribution in [2.45, 2.75) is 146 Å². The highest BCUT2D eigenvalue weighted by atomic mass is 16.7. The molecular weight excluding hydrogens is 556 g/mol. The van der Waals surface area contributed by atoms with E-state index in [9.17, 15) is 19.2 Å². The molecule has 0 radical (unpaired) electrons. The molecule has 0 aromatic rings. The molecule has 2 fully saturated rings. The lowest BCUT2D eigenvalue weighted by molar-refractivity contribution is -0.314. The van der Waals surface area contributed by atoms with Gasteiger partial charge in [-0.25, -0.2) is 0 Å². The molecule has 248 valence electrons. The average Bonchev–Trinajstić information content (AvgIpc) is 2.86. The van der Waals surface area contributed by atoms with Crippen molar-refractivity contribution in [3.63, 3.8) is 0 Å². The van der Waals surface area contributed by atoms with Gasteiger partial charge in [0.15, 0.2) is 24.6 Å². The summed E-state index contributed by atoms with van der Waals surface area (Å²) in [6.07, 6.45) is -0.687. The molecule has 2 aliphatic rings. The second-order valence-corrected chi connectivity index (χ2v) is 16.1. The van der Waals surface area contributed by atoms with Crippen LogP contribution in [0.15, 0.2) is 0 Å². The smallest absolute Gasteiger partial charge is 0.311 e. The number of rotatable bonds is 8. The Morgan fingerprint density at radius 2 is 0.977 bits per heavy atom. The van der Waals surface area contributed by atoms with Crippen molar-refractivity contribution in [2.24, 2.45) is 27.6 Å². The molecule has 43 heavy (non-hydrogen) atoms. The fourth-order valence-electron chi connectivity index (χ4n) is 4.41. The highest BCUT2D eigenvalue weighted by Crippen LogP contribution is 2.35. The lowest BCUT2D eigenvalue weighted by Crippen LogP contribution is -2.64. The number of esters is 4. The zero-order valence-electron chi connectivity index (χ0n) is 28.5. The first-order valence-electron chi connectivity index (χ1n) is 15.6. The van der Waals surface area contributed by atoms with Gasteiger partial charge in [0.25, 0.3) is 0 Å². The molecule has 2 rings (SSSR count). The molecule has 0 amide bonds. The van der Waals surface area contributed by atoms with Gasteiger partial charge >= 0.3 is 23.9 Å². The lowest BCUT2D eigenvalue weighted by Gasteiger charge is -2.46. The van der Waals surface area contributed by atoms with Crippen molar-refractivity contribution < 1.29 is 47.6 Å². The quantitative estimate of drug-likeness (QED) is 0.246. The number of hydrogen-bond donors (Lipinski definition) is 0. The Morgan fingerprint density at radius 3 is 1.42 bits per heavy atom. The number of ether oxygens (including phenoxy) is 6. The third-order valence-corrected chi connectivity index (χ3v) is 7.37. The van der Waals surface area contributed by atoms with Crippen LogP contribution in [0.25, 0.3) is 0 Å². The van der Waals surface area contributed by atoms with Gasteiger partial charge in [-0.1, -0.05) is 19.3 Å². The van der Waals surface area contributed by atoms with Gasteiger partial charge in [0.1, 0.15) is 12.7 Å². The molecule has 0 spiro atoms. The third kappa shape index (κ3) is 11.0. The molecule has 1 heterocycles. The first-order chi connectivity index (χ1) is 19.5. The second kappa shape index (κ2) is 14.3. The Bertz CT molecular complexity index is 970. The lowest BCUT2D eigenvalue weighted by atomic mass is 9.90. The molecule has 0 aromatic carbocycles. The van der Waals surface area contributed by atoms with Crippen LogP contribution in [0.3, 0.4) is 0 Å². The molecule has 0 unspecified atom stereocenters. The van der Waals surface area contributed by atoms with Crippen molar-refractivity contribution in [1.82, 2.24) is 0 Å². The molecule has 5 atom stereocenters. The minimum Gasteiger partial charge on any atom is -0.462 e. The van der Waals surface area contributed by atoms with E-state index in [2.05, 4.69) is 0 Å². The van der Waals surface area contributed by atoms with Gasteiger partial charge in [-0.3, -0.25) is 19.2 Å². The first kappa shape index (κ1) is 37.0. The number of carbonyl (C=O) groups is 4. The van der Waals surface area contributed by atoms with Gasteiger partial charge in [0, 0.05) is 0 Å². The molecule has 0 N–H and O–H groups in total. The van der Waals surface area contributed by atoms with E-state index in [0.717, 1.165) is 25.7 Å². The van der Waals surface area contributed by atoms with Gasteiger partial charge in [-0.15, -0.1) is 0 Å². The van der Waals surface area contributed by atoms with Gasteiger partial charge in [-0.2, -0.15) is 0 Å². The Kier molecular flexibility index (Phi) is 12.3. The van der Waals surface area contributed by atoms with Crippen molar-refractivity contribution >= 4 is 23.9 Å². The van der Waals surface area contributed by atoms with Crippen molar-refractivity contribution in [3.05, 3.63) is 0 Å². The summed E-state index contributed by atoms with van der Waals surface area (Å²) in [7, 11) is 0. The Morgan fingerprint density at radius 1 is 0.558 bits per heavy atom. The zero-order chi connectivity index (χ0) is 33.0. The summed E-state index contributed by atoms with van der Waals surface area (Å²) in [5.41, 5.74) is -3.55. The fraction of sp³-hybridized carbons (Fsp3) is 0.879. The van der Waals surface area contributed by atoms with E-state index in [-0.39, 0.29) is 6.61 Å². The Balaban J connectivity index is 2.59. The largest absolute Gasteiger partial charge is 0.462 e. The normalized spacial score (nSPS) is 25.9. The van der Waals surface area contributed by atoms with Crippen molar-refractivity contribution in [2.75, 3.05) is 13.2 Å². The summed E-state index contributed by atoms with van der Waals surface area (Å²) in [5, 5.41) is 0. The van der Waals surface area contributed by atoms with Crippen LogP contribution in [-0.2, 0) is 47.6 Å². The van der Waals surface area contributed by atoms with Crippen LogP contribution < -0.4 is 0 Å². The molecule has 1 saturated heterocycles. The Labute approximate surface area is 258 Å². The van der Waals surface area contributed by atoms with E-state index in [1.165, 1.54) is 6.42 Å². The maximum Gasteiger partial charge on any atom is 0.311 e. The Hall–Kier alpha value is -2.20. The van der Waals surface area contributed by atoms with Crippen LogP contribution in [0.2, 0.25) is 0 Å². The SMILES string of the molecule is CC(C)(C)C(=O)OC[C@H]1O[C@@H](OCC2CCCCC2)[C@H](OC(=O)C(C)(C)C)[C@@H](OC(=O)C(C)(C)C)[C@@H]1OC(=O)C(C)(C)C. The zero-order valence-corrected chi connectivity index (χ0v) is 28.5. The van der Waals surface area contributed by atoms with Crippen LogP contribution in [0.5, 0.6) is 0 Å². The van der Waals surface area contributed by atoms with Gasteiger partial charge < -0.3 is 28.4 Å². The highest BCUT2D eigenvalue weighted by Gasteiger charge is 2.55. The number of hydrogen-bond acceptors (Lipinski definition) is 10. The summed E-state index contributed by atoms with van der Waals surface area (Å²) in [6, 6.07) is 0. The maximum atomic E-state index is 13.3. The van der Waals surface area contributed by atoms with E-state index in [1.54, 1.807) is 83.1 Å². The van der Waals surface area contributed by atoms with E-state index < -0.39 is 76.2 Å². The summed E-state index contributed by atoms with van der Waals surface area (Å²) >= 11 is 0. The second-order valence-electron chi connectivity index (χ2n) is 16.1. The summed E-state index contributed by atoms with van der Waals surface area (Å²) < 4.78 is 36.3. The molecule has 10 nitrogen and oxygen atoms in total. The average molecular weight is 613 g/mol. The van der Waals surface area contributed by atoms with Crippen molar-refractivity contribution in [1.29, 1.82) is 0 Å². The predicted molar refractivity (Wildman–Crippen MR) is 160 cm³/mol. The predicted octanol–water partition coefficient (Wildman–Crippen LogP) is 5.77. The van der Waals surface area contributed by atoms with Crippen LogP contribution in [0.1, 0.15) is 115 Å². The van der Waals surface area contributed by atoms with E-state index in [4.69, 9.17) is 28.4 Å².